The van der Waals surface area contributed by atoms with Gasteiger partial charge in [0, 0.05) is 24.4 Å². The number of nitrogens with zero attached hydrogens (tertiary/aromatic N) is 3. The number of nitrogens with one attached hydrogen (secondary N) is 2. The summed E-state index contributed by atoms with van der Waals surface area (Å²) >= 11 is 0. The molecule has 0 spiro atoms. The van der Waals surface area contributed by atoms with E-state index in [0.29, 0.717) is 5.69 Å². The van der Waals surface area contributed by atoms with E-state index in [2.05, 4.69) is 33.4 Å². The van der Waals surface area contributed by atoms with Gasteiger partial charge in [-0.2, -0.15) is 5.26 Å². The molecule has 0 aliphatic carbocycles. The molecule has 1 atom stereocenters. The Hall–Kier alpha value is -3.59. The number of rotatable bonds is 7. The predicted octanol–water partition coefficient (Wildman–Crippen LogP) is 5.42. The second-order valence-corrected chi connectivity index (χ2v) is 7.53. The molecule has 0 radical (unpaired) electrons. The van der Waals surface area contributed by atoms with Crippen molar-refractivity contribution in [3.05, 3.63) is 72.0 Å². The van der Waals surface area contributed by atoms with Gasteiger partial charge in [-0.25, -0.2) is 0 Å². The smallest absolute Gasteiger partial charge is 0.141 e. The van der Waals surface area contributed by atoms with E-state index in [1.807, 2.05) is 65.1 Å². The van der Waals surface area contributed by atoms with Gasteiger partial charge in [0.2, 0.25) is 0 Å². The van der Waals surface area contributed by atoms with Gasteiger partial charge in [0.15, 0.2) is 0 Å². The number of hydrogen-bond acceptors (Lipinski definition) is 6. The van der Waals surface area contributed by atoms with Crippen LogP contribution >= 0.6 is 0 Å². The van der Waals surface area contributed by atoms with Gasteiger partial charge < -0.3 is 15.2 Å². The first-order chi connectivity index (χ1) is 14.4. The van der Waals surface area contributed by atoms with Crippen molar-refractivity contribution in [2.75, 3.05) is 17.7 Å². The highest BCUT2D eigenvalue weighted by atomic mass is 16.5. The average Bonchev–Trinajstić information content (AvgIpc) is 3.08. The zero-order valence-corrected chi connectivity index (χ0v) is 18.1. The van der Waals surface area contributed by atoms with Crippen molar-refractivity contribution in [2.45, 2.75) is 33.1 Å². The van der Waals surface area contributed by atoms with Crippen molar-refractivity contribution < 1.29 is 4.52 Å². The molecule has 0 fully saturated rings. The Balaban J connectivity index is 2.45. The summed E-state index contributed by atoms with van der Waals surface area (Å²) in [6, 6.07) is 12.3. The van der Waals surface area contributed by atoms with Crippen LogP contribution in [-0.4, -0.2) is 17.2 Å². The Morgan fingerprint density at radius 3 is 2.53 bits per heavy atom. The van der Waals surface area contributed by atoms with Crippen LogP contribution < -0.4 is 10.6 Å². The number of benzene rings is 1. The predicted molar refractivity (Wildman–Crippen MR) is 120 cm³/mol. The SMILES string of the molecule is C=CNc1c(NC)cc(-c2c(C)noc2C)cc1C(C#N)(c1ccccn1)C(C)C. The quantitative estimate of drug-likeness (QED) is 0.550. The van der Waals surface area contributed by atoms with Crippen molar-refractivity contribution in [2.24, 2.45) is 5.92 Å². The molecule has 154 valence electrons. The molecule has 6 nitrogen and oxygen atoms in total. The monoisotopic (exact) mass is 401 g/mol. The zero-order valence-electron chi connectivity index (χ0n) is 18.1. The van der Waals surface area contributed by atoms with Crippen molar-refractivity contribution >= 4 is 11.4 Å². The van der Waals surface area contributed by atoms with Gasteiger partial charge in [0.25, 0.3) is 0 Å². The lowest BCUT2D eigenvalue weighted by atomic mass is 9.68. The fraction of sp³-hybridized carbons (Fsp3) is 0.292. The van der Waals surface area contributed by atoms with Crippen LogP contribution in [0.2, 0.25) is 0 Å². The van der Waals surface area contributed by atoms with Crippen LogP contribution in [0, 0.1) is 31.1 Å². The Labute approximate surface area is 177 Å². The second kappa shape index (κ2) is 8.42. The molecule has 0 saturated carbocycles. The molecule has 0 amide bonds. The maximum Gasteiger partial charge on any atom is 0.141 e. The van der Waals surface area contributed by atoms with E-state index in [4.69, 9.17) is 4.52 Å². The van der Waals surface area contributed by atoms with E-state index in [1.54, 1.807) is 12.4 Å². The Morgan fingerprint density at radius 2 is 2.03 bits per heavy atom. The molecular weight excluding hydrogens is 374 g/mol. The Morgan fingerprint density at radius 1 is 1.27 bits per heavy atom. The summed E-state index contributed by atoms with van der Waals surface area (Å²) in [4.78, 5) is 4.58. The lowest BCUT2D eigenvalue weighted by Gasteiger charge is -2.33. The third kappa shape index (κ3) is 3.33. The van der Waals surface area contributed by atoms with Gasteiger partial charge in [-0.3, -0.25) is 4.98 Å². The van der Waals surface area contributed by atoms with Gasteiger partial charge >= 0.3 is 0 Å². The first-order valence-corrected chi connectivity index (χ1v) is 9.90. The molecule has 1 unspecified atom stereocenters. The molecule has 2 aromatic heterocycles. The summed E-state index contributed by atoms with van der Waals surface area (Å²) in [5, 5.41) is 21.2. The summed E-state index contributed by atoms with van der Waals surface area (Å²) in [5.74, 6) is 0.683. The number of aromatic nitrogens is 2. The molecule has 1 aromatic carbocycles. The van der Waals surface area contributed by atoms with Gasteiger partial charge in [0.1, 0.15) is 11.2 Å². The van der Waals surface area contributed by atoms with Gasteiger partial charge in [0.05, 0.1) is 28.8 Å². The zero-order chi connectivity index (χ0) is 21.9. The van der Waals surface area contributed by atoms with Crippen LogP contribution in [0.5, 0.6) is 0 Å². The molecule has 30 heavy (non-hydrogen) atoms. The number of aryl methyl sites for hydroxylation is 2. The van der Waals surface area contributed by atoms with Gasteiger partial charge in [-0.15, -0.1) is 0 Å². The summed E-state index contributed by atoms with van der Waals surface area (Å²) in [6.45, 7) is 11.7. The average molecular weight is 402 g/mol. The molecular formula is C24H27N5O. The summed E-state index contributed by atoms with van der Waals surface area (Å²) in [7, 11) is 1.86. The summed E-state index contributed by atoms with van der Waals surface area (Å²) in [5.41, 5.74) is 4.84. The Bertz CT molecular complexity index is 1080. The standard InChI is InChI=1S/C24H27N5O/c1-7-27-23-19(24(14-25,15(2)3)21-10-8-9-11-28-21)12-18(13-20(23)26-6)22-16(4)29-30-17(22)5/h7-13,15,26-27H,1H2,2-6H3. The molecule has 0 aliphatic heterocycles. The molecule has 0 saturated heterocycles. The van der Waals surface area contributed by atoms with Gasteiger partial charge in [-0.05, 0) is 55.8 Å². The van der Waals surface area contributed by atoms with Crippen LogP contribution in [0.25, 0.3) is 11.1 Å². The summed E-state index contributed by atoms with van der Waals surface area (Å²) in [6.07, 6.45) is 3.34. The first kappa shape index (κ1) is 21.1. The minimum Gasteiger partial charge on any atom is -0.386 e. The van der Waals surface area contributed by atoms with E-state index in [1.165, 1.54) is 0 Å². The van der Waals surface area contributed by atoms with E-state index in [-0.39, 0.29) is 5.92 Å². The summed E-state index contributed by atoms with van der Waals surface area (Å²) < 4.78 is 5.41. The molecule has 2 N–H and O–H groups in total. The maximum absolute atomic E-state index is 10.5. The highest BCUT2D eigenvalue weighted by Gasteiger charge is 2.42. The third-order valence-corrected chi connectivity index (χ3v) is 5.51. The van der Waals surface area contributed by atoms with E-state index in [0.717, 1.165) is 39.5 Å². The number of pyridine rings is 1. The van der Waals surface area contributed by atoms with E-state index in [9.17, 15) is 5.26 Å². The van der Waals surface area contributed by atoms with Crippen molar-refractivity contribution in [1.29, 1.82) is 5.26 Å². The van der Waals surface area contributed by atoms with Crippen LogP contribution in [0.15, 0.2) is 53.8 Å². The number of anilines is 2. The van der Waals surface area contributed by atoms with Crippen LogP contribution in [-0.2, 0) is 5.41 Å². The second-order valence-electron chi connectivity index (χ2n) is 7.53. The highest BCUT2D eigenvalue weighted by molar-refractivity contribution is 5.84. The van der Waals surface area contributed by atoms with Gasteiger partial charge in [-0.1, -0.05) is 31.6 Å². The lowest BCUT2D eigenvalue weighted by Crippen LogP contribution is -2.34. The van der Waals surface area contributed by atoms with Crippen molar-refractivity contribution in [1.82, 2.24) is 10.1 Å². The highest BCUT2D eigenvalue weighted by Crippen LogP contribution is 2.46. The first-order valence-electron chi connectivity index (χ1n) is 9.90. The third-order valence-electron chi connectivity index (χ3n) is 5.51. The Kier molecular flexibility index (Phi) is 5.93. The van der Waals surface area contributed by atoms with Crippen molar-refractivity contribution in [3.63, 3.8) is 0 Å². The topological polar surface area (TPSA) is 86.8 Å². The molecule has 6 heteroatoms. The minimum atomic E-state index is -0.979. The molecule has 0 aliphatic rings. The number of hydrogen-bond donors (Lipinski definition) is 2. The van der Waals surface area contributed by atoms with Crippen LogP contribution in [0.4, 0.5) is 11.4 Å². The van der Waals surface area contributed by atoms with Crippen LogP contribution in [0.1, 0.15) is 36.6 Å². The lowest BCUT2D eigenvalue weighted by molar-refractivity contribution is 0.393. The van der Waals surface area contributed by atoms with E-state index >= 15 is 0 Å². The molecule has 3 aromatic rings. The fourth-order valence-electron chi connectivity index (χ4n) is 4.03. The fourth-order valence-corrected chi connectivity index (χ4v) is 4.03. The van der Waals surface area contributed by atoms with Crippen LogP contribution in [0.3, 0.4) is 0 Å². The molecule has 3 rings (SSSR count). The van der Waals surface area contributed by atoms with E-state index < -0.39 is 5.41 Å². The normalized spacial score (nSPS) is 12.8. The molecule has 0 bridgehead atoms. The largest absolute Gasteiger partial charge is 0.386 e. The number of nitriles is 1. The molecule has 2 heterocycles. The minimum absolute atomic E-state index is 0.0487. The maximum atomic E-state index is 10.5. The van der Waals surface area contributed by atoms with Crippen molar-refractivity contribution in [3.8, 4) is 17.2 Å².